The molecule has 0 spiro atoms. The van der Waals surface area contributed by atoms with Crippen LogP contribution in [0.15, 0.2) is 4.52 Å². The molecule has 5 heteroatoms. The molecular weight excluding hydrogens is 256 g/mol. The van der Waals surface area contributed by atoms with Crippen molar-refractivity contribution in [1.29, 1.82) is 0 Å². The van der Waals surface area contributed by atoms with Gasteiger partial charge in [-0.15, -0.1) is 0 Å². The second kappa shape index (κ2) is 6.48. The summed E-state index contributed by atoms with van der Waals surface area (Å²) < 4.78 is 11.0. The molecule has 2 fully saturated rings. The van der Waals surface area contributed by atoms with Crippen LogP contribution in [0.1, 0.15) is 56.7 Å². The number of hydrogen-bond donors (Lipinski definition) is 0. The molecule has 2 heterocycles. The zero-order valence-corrected chi connectivity index (χ0v) is 11.8. The number of carbonyl (C=O) groups excluding carboxylic acids is 1. The Bertz CT molecular complexity index is 452. The number of ether oxygens (including phenoxy) is 1. The lowest BCUT2D eigenvalue weighted by molar-refractivity contribution is -0.124. The molecule has 110 valence electrons. The van der Waals surface area contributed by atoms with Crippen molar-refractivity contribution in [2.45, 2.75) is 63.9 Å². The van der Waals surface area contributed by atoms with Gasteiger partial charge in [0.25, 0.3) is 0 Å². The standard InChI is InChI=1S/C15H22N2O3/c18-13-7-2-1-5-11(13)9-15-16-14(17-20-15)10-12-6-3-4-8-19-12/h11-12H,1-10H2. The third-order valence-electron chi connectivity index (χ3n) is 4.30. The van der Waals surface area contributed by atoms with E-state index in [0.717, 1.165) is 51.0 Å². The summed E-state index contributed by atoms with van der Waals surface area (Å²) in [7, 11) is 0. The summed E-state index contributed by atoms with van der Waals surface area (Å²) in [6.07, 6.45) is 8.83. The molecule has 0 aromatic carbocycles. The minimum absolute atomic E-state index is 0.0861. The molecule has 2 aliphatic rings. The van der Waals surface area contributed by atoms with Crippen LogP contribution in [-0.2, 0) is 22.4 Å². The van der Waals surface area contributed by atoms with E-state index in [0.29, 0.717) is 24.5 Å². The van der Waals surface area contributed by atoms with Crippen LogP contribution in [0, 0.1) is 5.92 Å². The van der Waals surface area contributed by atoms with Gasteiger partial charge in [-0.2, -0.15) is 4.98 Å². The Balaban J connectivity index is 1.54. The Labute approximate surface area is 119 Å². The second-order valence-corrected chi connectivity index (χ2v) is 5.91. The number of ketones is 1. The Morgan fingerprint density at radius 1 is 1.10 bits per heavy atom. The van der Waals surface area contributed by atoms with Crippen LogP contribution in [0.25, 0.3) is 0 Å². The maximum absolute atomic E-state index is 11.8. The van der Waals surface area contributed by atoms with Crippen LogP contribution >= 0.6 is 0 Å². The summed E-state index contributed by atoms with van der Waals surface area (Å²) >= 11 is 0. The third kappa shape index (κ3) is 3.45. The summed E-state index contributed by atoms with van der Waals surface area (Å²) in [6, 6.07) is 0. The average Bonchev–Trinajstić information content (AvgIpc) is 2.90. The van der Waals surface area contributed by atoms with Crippen molar-refractivity contribution >= 4 is 5.78 Å². The highest BCUT2D eigenvalue weighted by molar-refractivity contribution is 5.81. The average molecular weight is 278 g/mol. The summed E-state index contributed by atoms with van der Waals surface area (Å²) in [5.41, 5.74) is 0. The minimum Gasteiger partial charge on any atom is -0.378 e. The normalized spacial score (nSPS) is 27.7. The number of aromatic nitrogens is 2. The first-order chi connectivity index (χ1) is 9.81. The van der Waals surface area contributed by atoms with Crippen LogP contribution in [-0.4, -0.2) is 28.6 Å². The first-order valence-electron chi connectivity index (χ1n) is 7.77. The molecule has 0 radical (unpaired) electrons. The topological polar surface area (TPSA) is 65.2 Å². The van der Waals surface area contributed by atoms with Crippen LogP contribution in [0.4, 0.5) is 0 Å². The van der Waals surface area contributed by atoms with Gasteiger partial charge in [-0.25, -0.2) is 0 Å². The molecule has 1 saturated carbocycles. The zero-order chi connectivity index (χ0) is 13.8. The Kier molecular flexibility index (Phi) is 4.45. The van der Waals surface area contributed by atoms with Crippen molar-refractivity contribution < 1.29 is 14.1 Å². The van der Waals surface area contributed by atoms with Crippen LogP contribution < -0.4 is 0 Å². The van der Waals surface area contributed by atoms with Crippen molar-refractivity contribution in [2.24, 2.45) is 5.92 Å². The first kappa shape index (κ1) is 13.7. The number of carbonyl (C=O) groups is 1. The molecule has 20 heavy (non-hydrogen) atoms. The van der Waals surface area contributed by atoms with Crippen molar-refractivity contribution in [1.82, 2.24) is 10.1 Å². The lowest BCUT2D eigenvalue weighted by atomic mass is 9.86. The second-order valence-electron chi connectivity index (χ2n) is 5.91. The van der Waals surface area contributed by atoms with E-state index in [-0.39, 0.29) is 12.0 Å². The van der Waals surface area contributed by atoms with E-state index < -0.39 is 0 Å². The van der Waals surface area contributed by atoms with Crippen LogP contribution in [0.3, 0.4) is 0 Å². The van der Waals surface area contributed by atoms with Crippen LogP contribution in [0.5, 0.6) is 0 Å². The molecule has 2 atom stereocenters. The van der Waals surface area contributed by atoms with Gasteiger partial charge >= 0.3 is 0 Å². The van der Waals surface area contributed by atoms with Crippen LogP contribution in [0.2, 0.25) is 0 Å². The highest BCUT2D eigenvalue weighted by Crippen LogP contribution is 2.24. The fourth-order valence-electron chi connectivity index (χ4n) is 3.11. The molecule has 0 amide bonds. The molecule has 0 N–H and O–H groups in total. The monoisotopic (exact) mass is 278 g/mol. The van der Waals surface area contributed by atoms with E-state index in [1.165, 1.54) is 6.42 Å². The number of Topliss-reactive ketones (excluding diaryl/α,β-unsaturated/α-hetero) is 1. The largest absolute Gasteiger partial charge is 0.378 e. The molecule has 1 aromatic rings. The van der Waals surface area contributed by atoms with Crippen molar-refractivity contribution in [3.63, 3.8) is 0 Å². The lowest BCUT2D eigenvalue weighted by Gasteiger charge is -2.20. The third-order valence-corrected chi connectivity index (χ3v) is 4.30. The maximum Gasteiger partial charge on any atom is 0.227 e. The van der Waals surface area contributed by atoms with Gasteiger partial charge in [0.1, 0.15) is 5.78 Å². The predicted octanol–water partition coefficient (Wildman–Crippen LogP) is 2.48. The highest BCUT2D eigenvalue weighted by atomic mass is 16.5. The fourth-order valence-corrected chi connectivity index (χ4v) is 3.11. The van der Waals surface area contributed by atoms with Crippen molar-refractivity contribution in [3.05, 3.63) is 11.7 Å². The molecule has 3 rings (SSSR count). The zero-order valence-electron chi connectivity index (χ0n) is 11.8. The Morgan fingerprint density at radius 2 is 2.00 bits per heavy atom. The van der Waals surface area contributed by atoms with Crippen molar-refractivity contribution in [3.8, 4) is 0 Å². The maximum atomic E-state index is 11.8. The van der Waals surface area contributed by atoms with Gasteiger partial charge in [0.05, 0.1) is 6.10 Å². The number of hydrogen-bond acceptors (Lipinski definition) is 5. The summed E-state index contributed by atoms with van der Waals surface area (Å²) in [5.74, 6) is 1.76. The SMILES string of the molecule is O=C1CCCCC1Cc1nc(CC2CCCCO2)no1. The molecule has 1 aromatic heterocycles. The molecule has 2 unspecified atom stereocenters. The molecule has 1 aliphatic carbocycles. The van der Waals surface area contributed by atoms with Gasteiger partial charge in [0.15, 0.2) is 5.82 Å². The minimum atomic E-state index is 0.0861. The summed E-state index contributed by atoms with van der Waals surface area (Å²) in [4.78, 5) is 16.2. The van der Waals surface area contributed by atoms with Gasteiger partial charge in [-0.1, -0.05) is 11.6 Å². The van der Waals surface area contributed by atoms with E-state index in [1.54, 1.807) is 0 Å². The number of rotatable bonds is 4. The molecular formula is C15H22N2O3. The summed E-state index contributed by atoms with van der Waals surface area (Å²) in [5, 5.41) is 4.02. The van der Waals surface area contributed by atoms with Gasteiger partial charge < -0.3 is 9.26 Å². The van der Waals surface area contributed by atoms with E-state index in [2.05, 4.69) is 10.1 Å². The van der Waals surface area contributed by atoms with E-state index in [1.807, 2.05) is 0 Å². The predicted molar refractivity (Wildman–Crippen MR) is 72.3 cm³/mol. The smallest absolute Gasteiger partial charge is 0.227 e. The quantitative estimate of drug-likeness (QED) is 0.846. The van der Waals surface area contributed by atoms with E-state index in [4.69, 9.17) is 9.26 Å². The van der Waals surface area contributed by atoms with E-state index >= 15 is 0 Å². The highest BCUT2D eigenvalue weighted by Gasteiger charge is 2.25. The van der Waals surface area contributed by atoms with Gasteiger partial charge in [0.2, 0.25) is 5.89 Å². The van der Waals surface area contributed by atoms with Crippen molar-refractivity contribution in [2.75, 3.05) is 6.61 Å². The van der Waals surface area contributed by atoms with Gasteiger partial charge in [-0.05, 0) is 32.1 Å². The fraction of sp³-hybridized carbons (Fsp3) is 0.800. The molecule has 0 bridgehead atoms. The van der Waals surface area contributed by atoms with Gasteiger partial charge in [0, 0.05) is 31.8 Å². The van der Waals surface area contributed by atoms with E-state index in [9.17, 15) is 4.79 Å². The summed E-state index contributed by atoms with van der Waals surface area (Å²) in [6.45, 7) is 0.839. The first-order valence-corrected chi connectivity index (χ1v) is 7.77. The molecule has 1 saturated heterocycles. The number of nitrogens with zero attached hydrogens (tertiary/aromatic N) is 2. The Hall–Kier alpha value is -1.23. The lowest BCUT2D eigenvalue weighted by Crippen LogP contribution is -2.22. The van der Waals surface area contributed by atoms with Gasteiger partial charge in [-0.3, -0.25) is 4.79 Å². The molecule has 1 aliphatic heterocycles. The molecule has 5 nitrogen and oxygen atoms in total. The Morgan fingerprint density at radius 3 is 2.80 bits per heavy atom.